The maximum atomic E-state index is 11.7. The fourth-order valence-electron chi connectivity index (χ4n) is 1.22. The predicted molar refractivity (Wildman–Crippen MR) is 56.7 cm³/mol. The maximum Gasteiger partial charge on any atom is 0.328 e. The third-order valence-electron chi connectivity index (χ3n) is 2.15. The van der Waals surface area contributed by atoms with E-state index in [1.807, 2.05) is 13.8 Å². The fourth-order valence-corrected chi connectivity index (χ4v) is 1.22. The largest absolute Gasteiger partial charge is 0.467 e. The van der Waals surface area contributed by atoms with Crippen molar-refractivity contribution in [2.24, 2.45) is 5.92 Å². The van der Waals surface area contributed by atoms with Crippen LogP contribution < -0.4 is 5.32 Å². The van der Waals surface area contributed by atoms with Crippen molar-refractivity contribution in [3.63, 3.8) is 0 Å². The molecule has 1 aromatic rings. The maximum absolute atomic E-state index is 11.7. The van der Waals surface area contributed by atoms with Gasteiger partial charge in [-0.2, -0.15) is 0 Å². The van der Waals surface area contributed by atoms with Gasteiger partial charge in [0.15, 0.2) is 0 Å². The van der Waals surface area contributed by atoms with E-state index in [4.69, 9.17) is 0 Å². The van der Waals surface area contributed by atoms with Crippen LogP contribution in [0.1, 0.15) is 24.3 Å². The summed E-state index contributed by atoms with van der Waals surface area (Å²) in [7, 11) is 1.29. The Kier molecular flexibility index (Phi) is 4.04. The third-order valence-corrected chi connectivity index (χ3v) is 2.15. The zero-order valence-electron chi connectivity index (χ0n) is 9.48. The highest BCUT2D eigenvalue weighted by molar-refractivity contribution is 5.95. The van der Waals surface area contributed by atoms with E-state index in [9.17, 15) is 9.59 Å². The van der Waals surface area contributed by atoms with E-state index < -0.39 is 12.0 Å². The summed E-state index contributed by atoms with van der Waals surface area (Å²) in [6.45, 7) is 3.66. The Morgan fingerprint density at radius 1 is 1.50 bits per heavy atom. The molecular weight excluding hydrogens is 210 g/mol. The Bertz CT molecular complexity index is 359. The molecule has 16 heavy (non-hydrogen) atoms. The van der Waals surface area contributed by atoms with Crippen molar-refractivity contribution < 1.29 is 14.3 Å². The molecule has 6 heteroatoms. The van der Waals surface area contributed by atoms with Gasteiger partial charge in [0.05, 0.1) is 19.6 Å². The lowest BCUT2D eigenvalue weighted by atomic mass is 10.0. The summed E-state index contributed by atoms with van der Waals surface area (Å²) in [4.78, 5) is 29.4. The second-order valence-corrected chi connectivity index (χ2v) is 3.68. The van der Waals surface area contributed by atoms with Gasteiger partial charge < -0.3 is 15.0 Å². The highest BCUT2D eigenvalue weighted by atomic mass is 16.5. The molecular formula is C10H15N3O3. The molecule has 0 spiro atoms. The summed E-state index contributed by atoms with van der Waals surface area (Å²) in [5.41, 5.74) is 0.314. The molecule has 6 nitrogen and oxygen atoms in total. The molecule has 1 unspecified atom stereocenters. The number of amides is 1. The van der Waals surface area contributed by atoms with Gasteiger partial charge in [0.1, 0.15) is 11.7 Å². The van der Waals surface area contributed by atoms with Crippen LogP contribution in [0.2, 0.25) is 0 Å². The first-order valence-corrected chi connectivity index (χ1v) is 4.93. The molecule has 0 aliphatic carbocycles. The number of carbonyl (C=O) groups excluding carboxylic acids is 2. The third kappa shape index (κ3) is 2.82. The molecule has 0 radical (unpaired) electrons. The van der Waals surface area contributed by atoms with E-state index in [1.54, 1.807) is 0 Å². The minimum Gasteiger partial charge on any atom is -0.467 e. The number of imidazole rings is 1. The fraction of sp³-hybridized carbons (Fsp3) is 0.500. The zero-order valence-corrected chi connectivity index (χ0v) is 9.48. The van der Waals surface area contributed by atoms with Gasteiger partial charge in [0.25, 0.3) is 5.91 Å². The van der Waals surface area contributed by atoms with Crippen molar-refractivity contribution in [2.75, 3.05) is 7.11 Å². The number of ether oxygens (including phenoxy) is 1. The second-order valence-electron chi connectivity index (χ2n) is 3.68. The van der Waals surface area contributed by atoms with Crippen LogP contribution in [-0.2, 0) is 9.53 Å². The van der Waals surface area contributed by atoms with Crippen molar-refractivity contribution in [2.45, 2.75) is 19.9 Å². The summed E-state index contributed by atoms with van der Waals surface area (Å²) in [6.07, 6.45) is 2.79. The number of nitrogens with one attached hydrogen (secondary N) is 2. The van der Waals surface area contributed by atoms with Gasteiger partial charge in [0, 0.05) is 0 Å². The molecule has 0 aliphatic rings. The summed E-state index contributed by atoms with van der Waals surface area (Å²) in [5, 5.41) is 2.58. The van der Waals surface area contributed by atoms with E-state index in [-0.39, 0.29) is 11.8 Å². The second kappa shape index (κ2) is 5.29. The minimum absolute atomic E-state index is 0.0423. The van der Waals surface area contributed by atoms with E-state index in [0.717, 1.165) is 0 Å². The highest BCUT2D eigenvalue weighted by Gasteiger charge is 2.25. The molecule has 2 N–H and O–H groups in total. The standard InChI is InChI=1S/C10H15N3O3/c1-6(2)8(10(15)16-3)13-9(14)7-4-11-5-12-7/h4-6,8H,1-3H3,(H,11,12)(H,13,14). The molecule has 0 aliphatic heterocycles. The predicted octanol–water partition coefficient (Wildman–Crippen LogP) is 0.337. The number of methoxy groups -OCH3 is 1. The molecule has 0 aromatic carbocycles. The number of H-pyrrole nitrogens is 1. The molecule has 1 amide bonds. The molecule has 1 aromatic heterocycles. The number of nitrogens with zero attached hydrogens (tertiary/aromatic N) is 1. The van der Waals surface area contributed by atoms with Gasteiger partial charge in [-0.25, -0.2) is 9.78 Å². The monoisotopic (exact) mass is 225 g/mol. The molecule has 1 heterocycles. The zero-order chi connectivity index (χ0) is 12.1. The van der Waals surface area contributed by atoms with E-state index in [0.29, 0.717) is 5.69 Å². The van der Waals surface area contributed by atoms with Gasteiger partial charge >= 0.3 is 5.97 Å². The number of hydrogen-bond donors (Lipinski definition) is 2. The SMILES string of the molecule is COC(=O)C(NC(=O)c1cnc[nH]1)C(C)C. The van der Waals surface area contributed by atoms with Crippen LogP contribution in [0.5, 0.6) is 0 Å². The number of hydrogen-bond acceptors (Lipinski definition) is 4. The summed E-state index contributed by atoms with van der Waals surface area (Å²) in [6, 6.07) is -0.652. The Hall–Kier alpha value is -1.85. The van der Waals surface area contributed by atoms with E-state index in [2.05, 4.69) is 20.0 Å². The first-order valence-electron chi connectivity index (χ1n) is 4.93. The molecule has 1 atom stereocenters. The van der Waals surface area contributed by atoms with E-state index in [1.165, 1.54) is 19.6 Å². The summed E-state index contributed by atoms with van der Waals surface area (Å²) in [5.74, 6) is -0.871. The Morgan fingerprint density at radius 2 is 2.19 bits per heavy atom. The van der Waals surface area contributed by atoms with Crippen LogP contribution in [0.3, 0.4) is 0 Å². The Labute approximate surface area is 93.4 Å². The number of carbonyl (C=O) groups is 2. The van der Waals surface area contributed by atoms with E-state index >= 15 is 0 Å². The lowest BCUT2D eigenvalue weighted by molar-refractivity contribution is -0.144. The lowest BCUT2D eigenvalue weighted by Crippen LogP contribution is -2.45. The number of rotatable bonds is 4. The first kappa shape index (κ1) is 12.2. The summed E-state index contributed by atoms with van der Waals surface area (Å²) < 4.78 is 4.61. The van der Waals surface area contributed by atoms with Crippen molar-refractivity contribution >= 4 is 11.9 Å². The molecule has 0 bridgehead atoms. The summed E-state index contributed by atoms with van der Waals surface area (Å²) >= 11 is 0. The van der Waals surface area contributed by atoms with Gasteiger partial charge in [-0.1, -0.05) is 13.8 Å². The number of esters is 1. The molecule has 0 saturated heterocycles. The quantitative estimate of drug-likeness (QED) is 0.723. The normalized spacial score (nSPS) is 12.2. The molecule has 0 fully saturated rings. The van der Waals surface area contributed by atoms with Gasteiger partial charge in [-0.3, -0.25) is 4.79 Å². The average molecular weight is 225 g/mol. The van der Waals surface area contributed by atoms with Gasteiger partial charge in [-0.05, 0) is 5.92 Å². The van der Waals surface area contributed by atoms with Crippen molar-refractivity contribution in [1.29, 1.82) is 0 Å². The highest BCUT2D eigenvalue weighted by Crippen LogP contribution is 2.04. The van der Waals surface area contributed by atoms with Gasteiger partial charge in [0.2, 0.25) is 0 Å². The van der Waals surface area contributed by atoms with Crippen molar-refractivity contribution in [3.8, 4) is 0 Å². The minimum atomic E-state index is -0.652. The smallest absolute Gasteiger partial charge is 0.328 e. The van der Waals surface area contributed by atoms with Crippen LogP contribution in [-0.4, -0.2) is 35.0 Å². The van der Waals surface area contributed by atoms with Gasteiger partial charge in [-0.15, -0.1) is 0 Å². The lowest BCUT2D eigenvalue weighted by Gasteiger charge is -2.19. The van der Waals surface area contributed by atoms with Crippen LogP contribution in [0.15, 0.2) is 12.5 Å². The van der Waals surface area contributed by atoms with Crippen LogP contribution >= 0.6 is 0 Å². The Morgan fingerprint density at radius 3 is 2.62 bits per heavy atom. The average Bonchev–Trinajstić information content (AvgIpc) is 2.77. The molecule has 88 valence electrons. The Balaban J connectivity index is 2.69. The van der Waals surface area contributed by atoms with Crippen LogP contribution in [0, 0.1) is 5.92 Å². The topological polar surface area (TPSA) is 84.1 Å². The van der Waals surface area contributed by atoms with Crippen LogP contribution in [0.4, 0.5) is 0 Å². The van der Waals surface area contributed by atoms with Crippen molar-refractivity contribution in [3.05, 3.63) is 18.2 Å². The molecule has 1 rings (SSSR count). The number of aromatic amines is 1. The number of aromatic nitrogens is 2. The molecule has 0 saturated carbocycles. The first-order chi connectivity index (χ1) is 7.56. The van der Waals surface area contributed by atoms with Crippen LogP contribution in [0.25, 0.3) is 0 Å². The van der Waals surface area contributed by atoms with Crippen molar-refractivity contribution in [1.82, 2.24) is 15.3 Å².